The van der Waals surface area contributed by atoms with Crippen LogP contribution in [-0.2, 0) is 9.57 Å². The number of hydrogen-bond acceptors (Lipinski definition) is 4. The first-order valence-electron chi connectivity index (χ1n) is 5.95. The molecule has 0 spiro atoms. The lowest BCUT2D eigenvalue weighted by atomic mass is 10.1. The van der Waals surface area contributed by atoms with E-state index < -0.39 is 0 Å². The van der Waals surface area contributed by atoms with Crippen LogP contribution >= 0.6 is 11.6 Å². The molecule has 0 aliphatic carbocycles. The molecule has 5 heteroatoms. The lowest BCUT2D eigenvalue weighted by molar-refractivity contribution is 0.0449. The van der Waals surface area contributed by atoms with Gasteiger partial charge < -0.3 is 9.57 Å². The van der Waals surface area contributed by atoms with Crippen LogP contribution in [0.5, 0.6) is 0 Å². The van der Waals surface area contributed by atoms with Crippen LogP contribution in [0.2, 0.25) is 5.02 Å². The van der Waals surface area contributed by atoms with Crippen molar-refractivity contribution in [2.24, 2.45) is 5.16 Å². The number of oxime groups is 1. The summed E-state index contributed by atoms with van der Waals surface area (Å²) < 4.78 is 5.33. The van der Waals surface area contributed by atoms with E-state index in [-0.39, 0.29) is 0 Å². The lowest BCUT2D eigenvalue weighted by Gasteiger charge is -2.26. The molecule has 1 aromatic carbocycles. The summed E-state index contributed by atoms with van der Waals surface area (Å²) in [5, 5.41) is 4.83. The van der Waals surface area contributed by atoms with Gasteiger partial charge in [0.25, 0.3) is 0 Å². The summed E-state index contributed by atoms with van der Waals surface area (Å²) in [6.07, 6.45) is 0. The topological polar surface area (TPSA) is 34.1 Å². The molecule has 1 aliphatic rings. The lowest BCUT2D eigenvalue weighted by Crippen LogP contribution is -2.39. The van der Waals surface area contributed by atoms with Crippen molar-refractivity contribution < 1.29 is 9.57 Å². The Morgan fingerprint density at radius 1 is 1.33 bits per heavy atom. The molecule has 0 amide bonds. The Balaban J connectivity index is 2.08. The minimum Gasteiger partial charge on any atom is -0.399 e. The highest BCUT2D eigenvalue weighted by atomic mass is 35.5. The molecule has 98 valence electrons. The maximum atomic E-state index is 5.89. The molecule has 1 fully saturated rings. The Morgan fingerprint density at radius 2 is 2.00 bits per heavy atom. The van der Waals surface area contributed by atoms with E-state index in [1.807, 2.05) is 24.3 Å². The van der Waals surface area contributed by atoms with Crippen molar-refractivity contribution in [3.63, 3.8) is 0 Å². The number of halogens is 1. The van der Waals surface area contributed by atoms with Gasteiger partial charge in [-0.15, -0.1) is 0 Å². The first-order chi connectivity index (χ1) is 8.79. The first-order valence-corrected chi connectivity index (χ1v) is 6.33. The van der Waals surface area contributed by atoms with Crippen LogP contribution < -0.4 is 0 Å². The molecule has 18 heavy (non-hydrogen) atoms. The Kier molecular flexibility index (Phi) is 4.99. The molecule has 0 unspecified atom stereocenters. The maximum absolute atomic E-state index is 5.89. The van der Waals surface area contributed by atoms with Crippen LogP contribution in [0.1, 0.15) is 5.56 Å². The molecular weight excluding hydrogens is 252 g/mol. The van der Waals surface area contributed by atoms with E-state index in [1.54, 1.807) is 7.11 Å². The highest BCUT2D eigenvalue weighted by Gasteiger charge is 2.14. The highest BCUT2D eigenvalue weighted by Crippen LogP contribution is 2.11. The van der Waals surface area contributed by atoms with Crippen molar-refractivity contribution in [1.29, 1.82) is 0 Å². The van der Waals surface area contributed by atoms with Crippen LogP contribution in [-0.4, -0.2) is 50.6 Å². The van der Waals surface area contributed by atoms with Crippen molar-refractivity contribution in [2.75, 3.05) is 40.0 Å². The van der Waals surface area contributed by atoms with Crippen LogP contribution in [0.3, 0.4) is 0 Å². The molecule has 4 nitrogen and oxygen atoms in total. The number of nitrogens with zero attached hydrogens (tertiary/aromatic N) is 2. The fraction of sp³-hybridized carbons (Fsp3) is 0.462. The Morgan fingerprint density at radius 3 is 2.61 bits per heavy atom. The van der Waals surface area contributed by atoms with Crippen LogP contribution in [0.4, 0.5) is 0 Å². The van der Waals surface area contributed by atoms with Crippen LogP contribution in [0, 0.1) is 0 Å². The van der Waals surface area contributed by atoms with Gasteiger partial charge in [-0.05, 0) is 12.1 Å². The minimum absolute atomic E-state index is 0.724. The van der Waals surface area contributed by atoms with Gasteiger partial charge in [0.15, 0.2) is 0 Å². The summed E-state index contributed by atoms with van der Waals surface area (Å²) in [4.78, 5) is 7.23. The van der Waals surface area contributed by atoms with Gasteiger partial charge in [-0.2, -0.15) is 0 Å². The number of hydrogen-bond donors (Lipinski definition) is 0. The SMILES string of the molecule is CON=C(CN1CCOCC1)c1ccc(Cl)cc1. The van der Waals surface area contributed by atoms with Crippen molar-refractivity contribution in [1.82, 2.24) is 4.90 Å². The number of rotatable bonds is 4. The van der Waals surface area contributed by atoms with Gasteiger partial charge in [-0.25, -0.2) is 0 Å². The number of ether oxygens (including phenoxy) is 1. The second kappa shape index (κ2) is 6.73. The van der Waals surface area contributed by atoms with Gasteiger partial charge in [0.1, 0.15) is 12.8 Å². The van der Waals surface area contributed by atoms with E-state index in [2.05, 4.69) is 10.1 Å². The monoisotopic (exact) mass is 268 g/mol. The van der Waals surface area contributed by atoms with E-state index >= 15 is 0 Å². The fourth-order valence-corrected chi connectivity index (χ4v) is 2.02. The van der Waals surface area contributed by atoms with E-state index in [4.69, 9.17) is 21.2 Å². The predicted octanol–water partition coefficient (Wildman–Crippen LogP) is 2.02. The zero-order valence-electron chi connectivity index (χ0n) is 10.4. The van der Waals surface area contributed by atoms with Gasteiger partial charge in [0.2, 0.25) is 0 Å². The normalized spacial score (nSPS) is 17.8. The van der Waals surface area contributed by atoms with Gasteiger partial charge in [-0.1, -0.05) is 28.9 Å². The van der Waals surface area contributed by atoms with Crippen LogP contribution in [0.25, 0.3) is 0 Å². The van der Waals surface area contributed by atoms with E-state index in [1.165, 1.54) is 0 Å². The number of morpholine rings is 1. The fourth-order valence-electron chi connectivity index (χ4n) is 1.90. The smallest absolute Gasteiger partial charge is 0.106 e. The number of benzene rings is 1. The Labute approximate surface area is 112 Å². The molecule has 0 aromatic heterocycles. The third kappa shape index (κ3) is 3.70. The van der Waals surface area contributed by atoms with E-state index in [0.717, 1.165) is 49.1 Å². The largest absolute Gasteiger partial charge is 0.399 e. The maximum Gasteiger partial charge on any atom is 0.106 e. The molecule has 0 atom stereocenters. The zero-order chi connectivity index (χ0) is 12.8. The predicted molar refractivity (Wildman–Crippen MR) is 72.3 cm³/mol. The molecule has 2 rings (SSSR count). The van der Waals surface area contributed by atoms with Gasteiger partial charge >= 0.3 is 0 Å². The molecule has 1 saturated heterocycles. The van der Waals surface area contributed by atoms with Crippen molar-refractivity contribution in [3.8, 4) is 0 Å². The molecule has 0 bridgehead atoms. The second-order valence-electron chi connectivity index (χ2n) is 4.12. The molecule has 0 radical (unpaired) electrons. The Hall–Kier alpha value is -1.10. The van der Waals surface area contributed by atoms with E-state index in [0.29, 0.717) is 0 Å². The summed E-state index contributed by atoms with van der Waals surface area (Å²) in [7, 11) is 1.56. The standard InChI is InChI=1S/C13H17ClN2O2/c1-17-15-13(10-16-6-8-18-9-7-16)11-2-4-12(14)5-3-11/h2-5H,6-10H2,1H3. The molecule has 1 heterocycles. The summed E-state index contributed by atoms with van der Waals surface area (Å²) in [6.45, 7) is 4.17. The average molecular weight is 269 g/mol. The molecule has 0 N–H and O–H groups in total. The van der Waals surface area contributed by atoms with Crippen molar-refractivity contribution >= 4 is 17.3 Å². The van der Waals surface area contributed by atoms with Crippen molar-refractivity contribution in [2.45, 2.75) is 0 Å². The average Bonchev–Trinajstić information content (AvgIpc) is 2.40. The molecule has 0 saturated carbocycles. The molecular formula is C13H17ClN2O2. The third-order valence-electron chi connectivity index (χ3n) is 2.86. The van der Waals surface area contributed by atoms with E-state index in [9.17, 15) is 0 Å². The summed E-state index contributed by atoms with van der Waals surface area (Å²) in [5.41, 5.74) is 1.95. The van der Waals surface area contributed by atoms with Gasteiger partial charge in [0, 0.05) is 30.2 Å². The summed E-state index contributed by atoms with van der Waals surface area (Å²) >= 11 is 5.89. The minimum atomic E-state index is 0.724. The zero-order valence-corrected chi connectivity index (χ0v) is 11.2. The highest BCUT2D eigenvalue weighted by molar-refractivity contribution is 6.30. The summed E-state index contributed by atoms with van der Waals surface area (Å²) in [5.74, 6) is 0. The third-order valence-corrected chi connectivity index (χ3v) is 3.11. The Bertz CT molecular complexity index is 400. The molecule has 1 aromatic rings. The van der Waals surface area contributed by atoms with Gasteiger partial charge in [0.05, 0.1) is 13.2 Å². The quantitative estimate of drug-likeness (QED) is 0.619. The van der Waals surface area contributed by atoms with Crippen molar-refractivity contribution in [3.05, 3.63) is 34.9 Å². The first kappa shape index (κ1) is 13.3. The summed E-state index contributed by atoms with van der Waals surface area (Å²) in [6, 6.07) is 7.64. The van der Waals surface area contributed by atoms with Crippen LogP contribution in [0.15, 0.2) is 29.4 Å². The molecule has 1 aliphatic heterocycles. The van der Waals surface area contributed by atoms with Gasteiger partial charge in [-0.3, -0.25) is 4.90 Å². The second-order valence-corrected chi connectivity index (χ2v) is 4.55.